The molecule has 1 amide bonds. The van der Waals surface area contributed by atoms with Crippen LogP contribution in [0.1, 0.15) is 10.4 Å². The first-order chi connectivity index (χ1) is 16.8. The number of sulfonamides is 1. The Hall–Kier alpha value is -4.12. The number of ether oxygens (including phenoxy) is 1. The second-order valence-corrected chi connectivity index (χ2v) is 9.60. The molecule has 0 atom stereocenters. The number of nitro benzene ring substituents is 1. The normalized spacial score (nSPS) is 13.9. The van der Waals surface area contributed by atoms with Gasteiger partial charge >= 0.3 is 0 Å². The van der Waals surface area contributed by atoms with Gasteiger partial charge in [-0.2, -0.15) is 0 Å². The Kier molecular flexibility index (Phi) is 6.87. The third-order valence-electron chi connectivity index (χ3n) is 5.71. The van der Waals surface area contributed by atoms with Crippen LogP contribution in [-0.4, -0.2) is 57.4 Å². The van der Waals surface area contributed by atoms with Crippen LogP contribution in [-0.2, 0) is 10.0 Å². The van der Waals surface area contributed by atoms with Gasteiger partial charge in [0.05, 0.1) is 16.9 Å². The van der Waals surface area contributed by atoms with E-state index in [0.29, 0.717) is 31.7 Å². The Balaban J connectivity index is 1.38. The number of rotatable bonds is 7. The Bertz CT molecular complexity index is 1340. The molecule has 1 N–H and O–H groups in total. The number of nitrogens with one attached hydrogen (secondary N) is 1. The average molecular weight is 497 g/mol. The molecule has 10 nitrogen and oxygen atoms in total. The van der Waals surface area contributed by atoms with Crippen molar-refractivity contribution in [2.75, 3.05) is 42.9 Å². The molecule has 0 saturated carbocycles. The van der Waals surface area contributed by atoms with Crippen LogP contribution in [0.15, 0.2) is 77.7 Å². The zero-order valence-corrected chi connectivity index (χ0v) is 19.8. The van der Waals surface area contributed by atoms with E-state index in [1.165, 1.54) is 30.3 Å². The largest absolute Gasteiger partial charge is 0.497 e. The van der Waals surface area contributed by atoms with Gasteiger partial charge in [-0.3, -0.25) is 19.6 Å². The van der Waals surface area contributed by atoms with Gasteiger partial charge in [0, 0.05) is 61.3 Å². The number of nitro groups is 1. The van der Waals surface area contributed by atoms with Gasteiger partial charge in [0.25, 0.3) is 21.6 Å². The van der Waals surface area contributed by atoms with Gasteiger partial charge < -0.3 is 14.5 Å². The van der Waals surface area contributed by atoms with E-state index in [4.69, 9.17) is 4.74 Å². The van der Waals surface area contributed by atoms with Gasteiger partial charge in [-0.25, -0.2) is 8.42 Å². The minimum absolute atomic E-state index is 0.136. The molecule has 1 heterocycles. The van der Waals surface area contributed by atoms with Gasteiger partial charge in [0.2, 0.25) is 0 Å². The molecular formula is C24H24N4O6S. The average Bonchev–Trinajstić information content (AvgIpc) is 2.88. The second kappa shape index (κ2) is 10.0. The highest BCUT2D eigenvalue weighted by Gasteiger charge is 2.23. The lowest BCUT2D eigenvalue weighted by Crippen LogP contribution is -2.48. The van der Waals surface area contributed by atoms with Gasteiger partial charge in [-0.15, -0.1) is 0 Å². The number of piperazine rings is 1. The van der Waals surface area contributed by atoms with Crippen LogP contribution in [0.2, 0.25) is 0 Å². The van der Waals surface area contributed by atoms with Gasteiger partial charge in [-0.1, -0.05) is 12.1 Å². The van der Waals surface area contributed by atoms with E-state index < -0.39 is 14.9 Å². The Labute approximate surface area is 202 Å². The summed E-state index contributed by atoms with van der Waals surface area (Å²) in [5.74, 6) is 0.644. The van der Waals surface area contributed by atoms with Crippen LogP contribution in [0, 0.1) is 10.1 Å². The van der Waals surface area contributed by atoms with Crippen molar-refractivity contribution in [2.24, 2.45) is 0 Å². The molecule has 1 saturated heterocycles. The van der Waals surface area contributed by atoms with Crippen molar-refractivity contribution >= 4 is 33.0 Å². The maximum atomic E-state index is 12.9. The first kappa shape index (κ1) is 24.0. The highest BCUT2D eigenvalue weighted by Crippen LogP contribution is 2.24. The molecule has 0 spiro atoms. The summed E-state index contributed by atoms with van der Waals surface area (Å²) in [6.07, 6.45) is 0. The Morgan fingerprint density at radius 2 is 1.66 bits per heavy atom. The molecular weight excluding hydrogens is 472 g/mol. The predicted molar refractivity (Wildman–Crippen MR) is 131 cm³/mol. The topological polar surface area (TPSA) is 122 Å². The van der Waals surface area contributed by atoms with E-state index in [9.17, 15) is 23.3 Å². The standard InChI is InChI=1S/C24H24N4O6S/c1-34-22-6-2-4-20(16-22)26-12-14-27(15-13-26)24(29)18-8-10-19(11-9-18)25-35(32,33)23-7-3-5-21(17-23)28(30)31/h2-11,16-17,25H,12-15H2,1H3. The third-order valence-corrected chi connectivity index (χ3v) is 7.09. The molecule has 1 aliphatic rings. The minimum Gasteiger partial charge on any atom is -0.497 e. The van der Waals surface area contributed by atoms with E-state index in [0.717, 1.165) is 17.5 Å². The predicted octanol–water partition coefficient (Wildman–Crippen LogP) is 3.37. The molecule has 182 valence electrons. The smallest absolute Gasteiger partial charge is 0.270 e. The number of carbonyl (C=O) groups is 1. The molecule has 1 fully saturated rings. The van der Waals surface area contributed by atoms with E-state index in [1.54, 1.807) is 24.1 Å². The van der Waals surface area contributed by atoms with Crippen LogP contribution in [0.5, 0.6) is 5.75 Å². The van der Waals surface area contributed by atoms with Gasteiger partial charge in [-0.05, 0) is 42.5 Å². The zero-order chi connectivity index (χ0) is 25.0. The SMILES string of the molecule is COc1cccc(N2CCN(C(=O)c3ccc(NS(=O)(=O)c4cccc([N+](=O)[O-])c4)cc3)CC2)c1. The zero-order valence-electron chi connectivity index (χ0n) is 19.0. The quantitative estimate of drug-likeness (QED) is 0.393. The molecule has 4 rings (SSSR count). The third kappa shape index (κ3) is 5.52. The number of anilines is 2. The Morgan fingerprint density at radius 1 is 0.971 bits per heavy atom. The van der Waals surface area contributed by atoms with E-state index in [2.05, 4.69) is 9.62 Å². The maximum absolute atomic E-state index is 12.9. The number of benzene rings is 3. The molecule has 0 aliphatic carbocycles. The number of amides is 1. The number of methoxy groups -OCH3 is 1. The van der Waals surface area contributed by atoms with Crippen LogP contribution in [0.3, 0.4) is 0 Å². The maximum Gasteiger partial charge on any atom is 0.270 e. The summed E-state index contributed by atoms with van der Waals surface area (Å²) >= 11 is 0. The fraction of sp³-hybridized carbons (Fsp3) is 0.208. The summed E-state index contributed by atoms with van der Waals surface area (Å²) < 4.78 is 32.9. The molecule has 0 radical (unpaired) electrons. The summed E-state index contributed by atoms with van der Waals surface area (Å²) in [6.45, 7) is 2.47. The van der Waals surface area contributed by atoms with Gasteiger partial charge in [0.15, 0.2) is 0 Å². The summed E-state index contributed by atoms with van der Waals surface area (Å²) in [4.78, 5) is 27.0. The number of carbonyl (C=O) groups excluding carboxylic acids is 1. The fourth-order valence-corrected chi connectivity index (χ4v) is 4.91. The van der Waals surface area contributed by atoms with Crippen molar-refractivity contribution in [3.8, 4) is 5.75 Å². The van der Waals surface area contributed by atoms with Crippen molar-refractivity contribution in [1.29, 1.82) is 0 Å². The highest BCUT2D eigenvalue weighted by atomic mass is 32.2. The van der Waals surface area contributed by atoms with Crippen molar-refractivity contribution in [2.45, 2.75) is 4.90 Å². The van der Waals surface area contributed by atoms with E-state index in [-0.39, 0.29) is 22.2 Å². The number of hydrogen-bond donors (Lipinski definition) is 1. The minimum atomic E-state index is -4.02. The molecule has 3 aromatic rings. The number of non-ortho nitro benzene ring substituents is 1. The van der Waals surface area contributed by atoms with Crippen LogP contribution in [0.4, 0.5) is 17.1 Å². The second-order valence-electron chi connectivity index (χ2n) is 7.92. The van der Waals surface area contributed by atoms with Crippen LogP contribution in [0.25, 0.3) is 0 Å². The molecule has 0 unspecified atom stereocenters. The first-order valence-electron chi connectivity index (χ1n) is 10.8. The van der Waals surface area contributed by atoms with E-state index >= 15 is 0 Å². The molecule has 1 aliphatic heterocycles. The van der Waals surface area contributed by atoms with E-state index in [1.807, 2.05) is 24.3 Å². The van der Waals surface area contributed by atoms with Crippen LogP contribution < -0.4 is 14.4 Å². The van der Waals surface area contributed by atoms with Crippen molar-refractivity contribution in [3.63, 3.8) is 0 Å². The lowest BCUT2D eigenvalue weighted by Gasteiger charge is -2.36. The monoisotopic (exact) mass is 496 g/mol. The number of nitrogens with zero attached hydrogens (tertiary/aromatic N) is 3. The van der Waals surface area contributed by atoms with Crippen molar-refractivity contribution in [3.05, 3.63) is 88.5 Å². The van der Waals surface area contributed by atoms with Crippen LogP contribution >= 0.6 is 0 Å². The Morgan fingerprint density at radius 3 is 2.31 bits per heavy atom. The lowest BCUT2D eigenvalue weighted by atomic mass is 10.1. The molecule has 0 bridgehead atoms. The molecule has 0 aromatic heterocycles. The number of hydrogen-bond acceptors (Lipinski definition) is 7. The molecule has 11 heteroatoms. The summed E-state index contributed by atoms with van der Waals surface area (Å²) in [5.41, 5.74) is 1.41. The summed E-state index contributed by atoms with van der Waals surface area (Å²) in [6, 6.07) is 18.7. The molecule has 35 heavy (non-hydrogen) atoms. The highest BCUT2D eigenvalue weighted by molar-refractivity contribution is 7.92. The summed E-state index contributed by atoms with van der Waals surface area (Å²) in [7, 11) is -2.40. The molecule has 3 aromatic carbocycles. The summed E-state index contributed by atoms with van der Waals surface area (Å²) in [5, 5.41) is 10.9. The first-order valence-corrected chi connectivity index (χ1v) is 12.3. The fourth-order valence-electron chi connectivity index (χ4n) is 3.82. The lowest BCUT2D eigenvalue weighted by molar-refractivity contribution is -0.385. The van der Waals surface area contributed by atoms with Crippen molar-refractivity contribution in [1.82, 2.24) is 4.90 Å². The van der Waals surface area contributed by atoms with Crippen molar-refractivity contribution < 1.29 is 22.9 Å². The van der Waals surface area contributed by atoms with Gasteiger partial charge in [0.1, 0.15) is 5.75 Å².